The number of amides is 2. The van der Waals surface area contributed by atoms with Crippen molar-refractivity contribution in [3.05, 3.63) is 67.6 Å². The van der Waals surface area contributed by atoms with E-state index in [-0.39, 0.29) is 11.8 Å². The molecule has 0 atom stereocenters. The third-order valence-electron chi connectivity index (χ3n) is 6.93. The van der Waals surface area contributed by atoms with E-state index in [1.54, 1.807) is 14.0 Å². The molecule has 2 amide bonds. The second kappa shape index (κ2) is 10.9. The van der Waals surface area contributed by atoms with Crippen LogP contribution in [0.1, 0.15) is 6.92 Å². The van der Waals surface area contributed by atoms with E-state index in [9.17, 15) is 9.59 Å². The molecule has 4 aromatic rings. The van der Waals surface area contributed by atoms with E-state index in [0.29, 0.717) is 49.1 Å². The number of aromatic nitrogens is 3. The van der Waals surface area contributed by atoms with Crippen molar-refractivity contribution in [2.24, 2.45) is 7.05 Å². The second-order valence-corrected chi connectivity index (χ2v) is 9.34. The molecule has 5 rings (SSSR count). The highest BCUT2D eigenvalue weighted by atomic mass is 16.5. The highest BCUT2D eigenvalue weighted by Crippen LogP contribution is 2.39. The van der Waals surface area contributed by atoms with E-state index in [0.717, 1.165) is 27.8 Å². The lowest BCUT2D eigenvalue weighted by molar-refractivity contribution is -0.129. The van der Waals surface area contributed by atoms with Crippen LogP contribution in [0.4, 0.5) is 22.9 Å². The van der Waals surface area contributed by atoms with Gasteiger partial charge in [0.15, 0.2) is 0 Å². The van der Waals surface area contributed by atoms with Gasteiger partial charge in [0.2, 0.25) is 11.8 Å². The largest absolute Gasteiger partial charge is 0.494 e. The molecule has 0 spiro atoms. The number of benzene rings is 2. The molecular weight excluding hydrogens is 494 g/mol. The van der Waals surface area contributed by atoms with Crippen LogP contribution in [0, 0.1) is 0 Å². The number of nitrogens with one attached hydrogen (secondary N) is 2. The first kappa shape index (κ1) is 25.8. The number of methoxy groups -OCH3 is 1. The maximum absolute atomic E-state index is 12.3. The number of hydrogen-bond donors (Lipinski definition) is 2. The Morgan fingerprint density at radius 1 is 1.05 bits per heavy atom. The third-order valence-corrected chi connectivity index (χ3v) is 6.93. The van der Waals surface area contributed by atoms with Gasteiger partial charge in [0, 0.05) is 74.9 Å². The fourth-order valence-electron chi connectivity index (χ4n) is 4.90. The van der Waals surface area contributed by atoms with Crippen molar-refractivity contribution < 1.29 is 14.3 Å². The van der Waals surface area contributed by atoms with Crippen molar-refractivity contribution in [2.45, 2.75) is 6.92 Å². The summed E-state index contributed by atoms with van der Waals surface area (Å²) in [6, 6.07) is 13.8. The molecule has 3 heterocycles. The minimum Gasteiger partial charge on any atom is -0.494 e. The summed E-state index contributed by atoms with van der Waals surface area (Å²) in [6.07, 6.45) is 4.81. The number of ether oxygens (including phenoxy) is 1. The summed E-state index contributed by atoms with van der Waals surface area (Å²) in [5, 5.41) is 7.36. The zero-order chi connectivity index (χ0) is 27.5. The molecule has 10 heteroatoms. The monoisotopic (exact) mass is 525 g/mol. The zero-order valence-corrected chi connectivity index (χ0v) is 22.3. The van der Waals surface area contributed by atoms with E-state index >= 15 is 0 Å². The highest BCUT2D eigenvalue weighted by molar-refractivity contribution is 6.02. The van der Waals surface area contributed by atoms with Gasteiger partial charge in [-0.1, -0.05) is 24.8 Å². The van der Waals surface area contributed by atoms with Gasteiger partial charge < -0.3 is 29.7 Å². The van der Waals surface area contributed by atoms with Crippen molar-refractivity contribution in [2.75, 3.05) is 48.8 Å². The van der Waals surface area contributed by atoms with Gasteiger partial charge in [-0.2, -0.15) is 0 Å². The van der Waals surface area contributed by atoms with Crippen LogP contribution in [0.5, 0.6) is 5.75 Å². The Hall–Kier alpha value is -4.86. The van der Waals surface area contributed by atoms with Crippen molar-refractivity contribution in [3.8, 4) is 17.0 Å². The summed E-state index contributed by atoms with van der Waals surface area (Å²) >= 11 is 0. The number of carbonyl (C=O) groups is 2. The van der Waals surface area contributed by atoms with Gasteiger partial charge in [-0.05, 0) is 18.2 Å². The van der Waals surface area contributed by atoms with Crippen molar-refractivity contribution in [1.82, 2.24) is 19.4 Å². The van der Waals surface area contributed by atoms with Gasteiger partial charge in [-0.15, -0.1) is 0 Å². The van der Waals surface area contributed by atoms with E-state index in [1.165, 1.54) is 12.4 Å². The summed E-state index contributed by atoms with van der Waals surface area (Å²) in [5.74, 6) is 0.894. The number of para-hydroxylation sites is 1. The predicted molar refractivity (Wildman–Crippen MR) is 154 cm³/mol. The molecule has 1 aliphatic heterocycles. The molecule has 2 aromatic carbocycles. The van der Waals surface area contributed by atoms with Gasteiger partial charge in [0.25, 0.3) is 0 Å². The van der Waals surface area contributed by atoms with Gasteiger partial charge in [-0.3, -0.25) is 9.59 Å². The van der Waals surface area contributed by atoms with Crippen LogP contribution in [0.25, 0.3) is 22.2 Å². The van der Waals surface area contributed by atoms with Crippen LogP contribution in [0.15, 0.2) is 67.6 Å². The number of piperazine rings is 1. The molecule has 2 N–H and O–H groups in total. The summed E-state index contributed by atoms with van der Waals surface area (Å²) in [4.78, 5) is 37.0. The Morgan fingerprint density at radius 3 is 2.54 bits per heavy atom. The lowest BCUT2D eigenvalue weighted by atomic mass is 10.1. The summed E-state index contributed by atoms with van der Waals surface area (Å²) in [5.41, 5.74) is 4.93. The van der Waals surface area contributed by atoms with Gasteiger partial charge in [-0.25, -0.2) is 9.97 Å². The molecule has 39 heavy (non-hydrogen) atoms. The first-order valence-electron chi connectivity index (χ1n) is 12.7. The molecule has 0 radical (unpaired) electrons. The minimum absolute atomic E-state index is 0.0553. The topological polar surface area (TPSA) is 105 Å². The van der Waals surface area contributed by atoms with Crippen molar-refractivity contribution in [3.63, 3.8) is 0 Å². The molecule has 10 nitrogen and oxygen atoms in total. The summed E-state index contributed by atoms with van der Waals surface area (Å²) < 4.78 is 7.81. The number of fused-ring (bicyclic) bond motifs is 1. The van der Waals surface area contributed by atoms with Crippen LogP contribution in [0.3, 0.4) is 0 Å². The quantitative estimate of drug-likeness (QED) is 0.349. The normalized spacial score (nSPS) is 13.3. The Bertz CT molecular complexity index is 1550. The fraction of sp³-hybridized carbons (Fsp3) is 0.241. The predicted octanol–water partition coefficient (Wildman–Crippen LogP) is 4.18. The van der Waals surface area contributed by atoms with Crippen LogP contribution >= 0.6 is 0 Å². The molecule has 1 saturated heterocycles. The lowest BCUT2D eigenvalue weighted by Crippen LogP contribution is -2.48. The maximum atomic E-state index is 12.3. The molecule has 0 aliphatic carbocycles. The standard InChI is InChI=1S/C29H31N7O3/c1-5-29(38)33-23-14-24(27(39-4)16-26(23)36-12-10-35(11-13-36)19(2)37)32-28-15-22(30-18-31-28)21-17-34(3)25-9-7-6-8-20(21)25/h5-9,14-18H,1,10-13H2,2-4H3,(H,33,38)(H,30,31,32). The first-order valence-corrected chi connectivity index (χ1v) is 12.7. The first-order chi connectivity index (χ1) is 18.9. The molecule has 1 aliphatic rings. The minimum atomic E-state index is -0.324. The third kappa shape index (κ3) is 5.26. The smallest absolute Gasteiger partial charge is 0.247 e. The average Bonchev–Trinajstić information content (AvgIpc) is 3.30. The SMILES string of the molecule is C=CC(=O)Nc1cc(Nc2cc(-c3cn(C)c4ccccc34)ncn2)c(OC)cc1N1CCN(C(C)=O)CC1. The number of hydrogen-bond acceptors (Lipinski definition) is 7. The van der Waals surface area contributed by atoms with Crippen LogP contribution < -0.4 is 20.3 Å². The Labute approximate surface area is 226 Å². The van der Waals surface area contributed by atoms with Crippen LogP contribution in [0.2, 0.25) is 0 Å². The molecule has 0 unspecified atom stereocenters. The van der Waals surface area contributed by atoms with Crippen LogP contribution in [-0.2, 0) is 16.6 Å². The lowest BCUT2D eigenvalue weighted by Gasteiger charge is -2.36. The molecule has 2 aromatic heterocycles. The second-order valence-electron chi connectivity index (χ2n) is 9.34. The molecular formula is C29H31N7O3. The summed E-state index contributed by atoms with van der Waals surface area (Å²) in [6.45, 7) is 7.63. The Balaban J connectivity index is 1.49. The molecule has 0 bridgehead atoms. The fourth-order valence-corrected chi connectivity index (χ4v) is 4.90. The van der Waals surface area contributed by atoms with E-state index in [1.807, 2.05) is 42.3 Å². The van der Waals surface area contributed by atoms with Gasteiger partial charge in [0.05, 0.1) is 29.9 Å². The maximum Gasteiger partial charge on any atom is 0.247 e. The number of anilines is 4. The van der Waals surface area contributed by atoms with Crippen molar-refractivity contribution >= 4 is 45.6 Å². The summed E-state index contributed by atoms with van der Waals surface area (Å²) in [7, 11) is 3.61. The van der Waals surface area contributed by atoms with Crippen LogP contribution in [-0.4, -0.2) is 64.5 Å². The van der Waals surface area contributed by atoms with Crippen molar-refractivity contribution in [1.29, 1.82) is 0 Å². The number of carbonyl (C=O) groups excluding carboxylic acids is 2. The van der Waals surface area contributed by atoms with Gasteiger partial charge >= 0.3 is 0 Å². The number of rotatable bonds is 7. The molecule has 200 valence electrons. The number of nitrogens with zero attached hydrogens (tertiary/aromatic N) is 5. The van der Waals surface area contributed by atoms with E-state index in [2.05, 4.69) is 55.0 Å². The van der Waals surface area contributed by atoms with E-state index < -0.39 is 0 Å². The average molecular weight is 526 g/mol. The zero-order valence-electron chi connectivity index (χ0n) is 22.3. The molecule has 1 fully saturated rings. The number of aryl methyl sites for hydroxylation is 1. The highest BCUT2D eigenvalue weighted by Gasteiger charge is 2.23. The Kier molecular flexibility index (Phi) is 7.18. The van der Waals surface area contributed by atoms with E-state index in [4.69, 9.17) is 4.74 Å². The molecule has 0 saturated carbocycles. The van der Waals surface area contributed by atoms with Gasteiger partial charge in [0.1, 0.15) is 17.9 Å². The Morgan fingerprint density at radius 2 is 1.82 bits per heavy atom.